The predicted molar refractivity (Wildman–Crippen MR) is 68.9 cm³/mol. The van der Waals surface area contributed by atoms with Crippen LogP contribution in [0.2, 0.25) is 0 Å². The van der Waals surface area contributed by atoms with Crippen LogP contribution in [0.1, 0.15) is 47.5 Å². The van der Waals surface area contributed by atoms with E-state index in [-0.39, 0.29) is 6.10 Å². The van der Waals surface area contributed by atoms with Crippen molar-refractivity contribution in [3.05, 3.63) is 0 Å². The first kappa shape index (κ1) is 15.9. The van der Waals surface area contributed by atoms with Crippen LogP contribution in [0.5, 0.6) is 0 Å². The van der Waals surface area contributed by atoms with Crippen LogP contribution < -0.4 is 5.32 Å². The lowest BCUT2D eigenvalue weighted by Gasteiger charge is -2.19. The molecule has 16 heavy (non-hydrogen) atoms. The zero-order valence-corrected chi connectivity index (χ0v) is 11.6. The minimum absolute atomic E-state index is 0.202. The Balaban J connectivity index is 3.39. The maximum atomic E-state index is 5.81. The van der Waals surface area contributed by atoms with E-state index in [9.17, 15) is 0 Å². The van der Waals surface area contributed by atoms with E-state index in [1.54, 1.807) is 0 Å². The third-order valence-corrected chi connectivity index (χ3v) is 2.36. The normalized spacial score (nSPS) is 15.4. The zero-order valence-electron chi connectivity index (χ0n) is 11.6. The quantitative estimate of drug-likeness (QED) is 0.586. The van der Waals surface area contributed by atoms with Gasteiger partial charge >= 0.3 is 0 Å². The molecule has 0 aliphatic rings. The van der Waals surface area contributed by atoms with Crippen LogP contribution in [0.15, 0.2) is 0 Å². The van der Waals surface area contributed by atoms with Gasteiger partial charge in [0.05, 0.1) is 18.8 Å². The number of rotatable bonds is 10. The van der Waals surface area contributed by atoms with Gasteiger partial charge in [-0.25, -0.2) is 0 Å². The van der Waals surface area contributed by atoms with Crippen molar-refractivity contribution in [2.75, 3.05) is 19.8 Å². The molecule has 2 unspecified atom stereocenters. The molecule has 0 bridgehead atoms. The molecule has 0 aliphatic heterocycles. The fourth-order valence-electron chi connectivity index (χ4n) is 1.57. The molecule has 3 nitrogen and oxygen atoms in total. The SMILES string of the molecule is CCOCC(C)OC(C)CCCNC(C)C. The Hall–Kier alpha value is -0.120. The second-order valence-electron chi connectivity index (χ2n) is 4.67. The van der Waals surface area contributed by atoms with Gasteiger partial charge in [0.1, 0.15) is 0 Å². The molecule has 0 radical (unpaired) electrons. The number of hydrogen-bond acceptors (Lipinski definition) is 3. The van der Waals surface area contributed by atoms with E-state index in [2.05, 4.69) is 33.0 Å². The highest BCUT2D eigenvalue weighted by atomic mass is 16.5. The minimum Gasteiger partial charge on any atom is -0.379 e. The predicted octanol–water partition coefficient (Wildman–Crippen LogP) is 2.59. The van der Waals surface area contributed by atoms with Gasteiger partial charge in [-0.3, -0.25) is 0 Å². The van der Waals surface area contributed by atoms with Crippen LogP contribution in [0.4, 0.5) is 0 Å². The maximum Gasteiger partial charge on any atom is 0.0784 e. The summed E-state index contributed by atoms with van der Waals surface area (Å²) in [4.78, 5) is 0. The van der Waals surface area contributed by atoms with Gasteiger partial charge in [0.15, 0.2) is 0 Å². The van der Waals surface area contributed by atoms with Gasteiger partial charge in [0.2, 0.25) is 0 Å². The van der Waals surface area contributed by atoms with E-state index < -0.39 is 0 Å². The van der Waals surface area contributed by atoms with Crippen molar-refractivity contribution in [2.45, 2.75) is 65.7 Å². The Morgan fingerprint density at radius 3 is 2.31 bits per heavy atom. The lowest BCUT2D eigenvalue weighted by Crippen LogP contribution is -2.26. The van der Waals surface area contributed by atoms with Crippen molar-refractivity contribution in [2.24, 2.45) is 0 Å². The van der Waals surface area contributed by atoms with Crippen molar-refractivity contribution in [1.82, 2.24) is 5.32 Å². The number of hydrogen-bond donors (Lipinski definition) is 1. The molecule has 0 amide bonds. The van der Waals surface area contributed by atoms with Gasteiger partial charge in [-0.2, -0.15) is 0 Å². The third kappa shape index (κ3) is 10.4. The van der Waals surface area contributed by atoms with E-state index in [0.717, 1.165) is 19.6 Å². The summed E-state index contributed by atoms with van der Waals surface area (Å²) in [6.45, 7) is 13.1. The number of nitrogens with one attached hydrogen (secondary N) is 1. The largest absolute Gasteiger partial charge is 0.379 e. The molecule has 98 valence electrons. The Kier molecular flexibility index (Phi) is 9.99. The molecule has 0 heterocycles. The lowest BCUT2D eigenvalue weighted by atomic mass is 10.2. The molecule has 0 aliphatic carbocycles. The Morgan fingerprint density at radius 2 is 1.75 bits per heavy atom. The maximum absolute atomic E-state index is 5.81. The molecule has 0 rings (SSSR count). The molecule has 0 fully saturated rings. The van der Waals surface area contributed by atoms with Crippen LogP contribution in [0.25, 0.3) is 0 Å². The van der Waals surface area contributed by atoms with E-state index in [4.69, 9.17) is 9.47 Å². The number of ether oxygens (including phenoxy) is 2. The topological polar surface area (TPSA) is 30.5 Å². The van der Waals surface area contributed by atoms with Crippen molar-refractivity contribution >= 4 is 0 Å². The van der Waals surface area contributed by atoms with E-state index in [0.29, 0.717) is 18.8 Å². The highest BCUT2D eigenvalue weighted by molar-refractivity contribution is 4.58. The average molecular weight is 231 g/mol. The fraction of sp³-hybridized carbons (Fsp3) is 1.00. The highest BCUT2D eigenvalue weighted by Gasteiger charge is 2.08. The van der Waals surface area contributed by atoms with Crippen LogP contribution in [-0.2, 0) is 9.47 Å². The monoisotopic (exact) mass is 231 g/mol. The zero-order chi connectivity index (χ0) is 12.4. The van der Waals surface area contributed by atoms with Crippen LogP contribution in [0, 0.1) is 0 Å². The van der Waals surface area contributed by atoms with Crippen molar-refractivity contribution in [3.8, 4) is 0 Å². The first-order valence-electron chi connectivity index (χ1n) is 6.52. The molecule has 3 heteroatoms. The second kappa shape index (κ2) is 10.1. The molecule has 0 spiro atoms. The summed E-state index contributed by atoms with van der Waals surface area (Å²) in [6, 6.07) is 0.577. The molecule has 1 N–H and O–H groups in total. The summed E-state index contributed by atoms with van der Waals surface area (Å²) in [5, 5.41) is 3.41. The van der Waals surface area contributed by atoms with Gasteiger partial charge in [-0.15, -0.1) is 0 Å². The molecule has 0 aromatic rings. The first-order valence-corrected chi connectivity index (χ1v) is 6.52. The highest BCUT2D eigenvalue weighted by Crippen LogP contribution is 2.05. The molecular weight excluding hydrogens is 202 g/mol. The van der Waals surface area contributed by atoms with Crippen molar-refractivity contribution in [1.29, 1.82) is 0 Å². The Bertz CT molecular complexity index is 151. The fourth-order valence-corrected chi connectivity index (χ4v) is 1.57. The average Bonchev–Trinajstić information content (AvgIpc) is 2.21. The van der Waals surface area contributed by atoms with Crippen LogP contribution in [-0.4, -0.2) is 38.0 Å². The van der Waals surface area contributed by atoms with Crippen molar-refractivity contribution < 1.29 is 9.47 Å². The van der Waals surface area contributed by atoms with E-state index in [1.807, 2.05) is 6.92 Å². The molecule has 2 atom stereocenters. The van der Waals surface area contributed by atoms with Crippen LogP contribution >= 0.6 is 0 Å². The van der Waals surface area contributed by atoms with Gasteiger partial charge in [0, 0.05) is 12.6 Å². The van der Waals surface area contributed by atoms with Crippen molar-refractivity contribution in [3.63, 3.8) is 0 Å². The summed E-state index contributed by atoms with van der Waals surface area (Å²) in [5.41, 5.74) is 0. The Labute approximate surface area is 101 Å². The standard InChI is InChI=1S/C13H29NO2/c1-6-15-10-13(5)16-12(4)8-7-9-14-11(2)3/h11-14H,6-10H2,1-5H3. The first-order chi connectivity index (χ1) is 7.56. The molecule has 0 saturated carbocycles. The summed E-state index contributed by atoms with van der Waals surface area (Å²) >= 11 is 0. The van der Waals surface area contributed by atoms with Gasteiger partial charge < -0.3 is 14.8 Å². The summed E-state index contributed by atoms with van der Waals surface area (Å²) in [7, 11) is 0. The van der Waals surface area contributed by atoms with Crippen LogP contribution in [0.3, 0.4) is 0 Å². The molecular formula is C13H29NO2. The third-order valence-electron chi connectivity index (χ3n) is 2.36. The summed E-state index contributed by atoms with van der Waals surface area (Å²) in [6.07, 6.45) is 2.80. The van der Waals surface area contributed by atoms with Gasteiger partial charge in [-0.1, -0.05) is 13.8 Å². The second-order valence-corrected chi connectivity index (χ2v) is 4.67. The smallest absolute Gasteiger partial charge is 0.0784 e. The van der Waals surface area contributed by atoms with E-state index in [1.165, 1.54) is 6.42 Å². The molecule has 0 aromatic heterocycles. The lowest BCUT2D eigenvalue weighted by molar-refractivity contribution is -0.0423. The van der Waals surface area contributed by atoms with E-state index >= 15 is 0 Å². The minimum atomic E-state index is 0.202. The molecule has 0 aromatic carbocycles. The summed E-state index contributed by atoms with van der Waals surface area (Å²) in [5.74, 6) is 0. The Morgan fingerprint density at radius 1 is 1.06 bits per heavy atom. The summed E-state index contributed by atoms with van der Waals surface area (Å²) < 4.78 is 11.1. The van der Waals surface area contributed by atoms with Gasteiger partial charge in [0.25, 0.3) is 0 Å². The van der Waals surface area contributed by atoms with Gasteiger partial charge in [-0.05, 0) is 40.2 Å². The molecule has 0 saturated heterocycles.